The highest BCUT2D eigenvalue weighted by Crippen LogP contribution is 2.29. The average molecular weight is 276 g/mol. The summed E-state index contributed by atoms with van der Waals surface area (Å²) < 4.78 is 0. The van der Waals surface area contributed by atoms with Crippen molar-refractivity contribution in [1.29, 1.82) is 0 Å². The molecule has 4 nitrogen and oxygen atoms in total. The van der Waals surface area contributed by atoms with E-state index in [-0.39, 0.29) is 5.41 Å². The zero-order valence-corrected chi connectivity index (χ0v) is 13.5. The van der Waals surface area contributed by atoms with Gasteiger partial charge in [-0.2, -0.15) is 0 Å². The zero-order chi connectivity index (χ0) is 14.8. The van der Waals surface area contributed by atoms with Crippen molar-refractivity contribution >= 4 is 11.6 Å². The van der Waals surface area contributed by atoms with Gasteiger partial charge in [0.05, 0.1) is 0 Å². The molecular weight excluding hydrogens is 248 g/mol. The van der Waals surface area contributed by atoms with Gasteiger partial charge in [0, 0.05) is 24.6 Å². The normalized spacial score (nSPS) is 18.1. The molecule has 0 radical (unpaired) electrons. The maximum absolute atomic E-state index is 4.70. The van der Waals surface area contributed by atoms with Crippen LogP contribution in [0.2, 0.25) is 0 Å². The van der Waals surface area contributed by atoms with E-state index in [0.29, 0.717) is 6.04 Å². The second-order valence-electron chi connectivity index (χ2n) is 6.94. The van der Waals surface area contributed by atoms with Crippen LogP contribution >= 0.6 is 0 Å². The van der Waals surface area contributed by atoms with Crippen LogP contribution < -0.4 is 10.6 Å². The van der Waals surface area contributed by atoms with E-state index in [1.165, 1.54) is 25.7 Å². The lowest BCUT2D eigenvalue weighted by Gasteiger charge is -2.23. The Kier molecular flexibility index (Phi) is 4.51. The molecule has 4 heteroatoms. The molecule has 1 aliphatic rings. The Labute approximate surface area is 122 Å². The molecule has 2 N–H and O–H groups in total. The van der Waals surface area contributed by atoms with Crippen molar-refractivity contribution in [2.24, 2.45) is 5.92 Å². The molecule has 1 aromatic rings. The quantitative estimate of drug-likeness (QED) is 0.878. The Bertz CT molecular complexity index is 444. The molecule has 0 spiro atoms. The Balaban J connectivity index is 2.17. The van der Waals surface area contributed by atoms with Crippen molar-refractivity contribution in [3.63, 3.8) is 0 Å². The van der Waals surface area contributed by atoms with E-state index in [0.717, 1.165) is 23.4 Å². The van der Waals surface area contributed by atoms with Gasteiger partial charge in [-0.05, 0) is 25.7 Å². The molecule has 0 amide bonds. The lowest BCUT2D eigenvalue weighted by Crippen LogP contribution is -2.26. The van der Waals surface area contributed by atoms with Crippen molar-refractivity contribution in [1.82, 2.24) is 9.97 Å². The maximum atomic E-state index is 4.70. The molecule has 1 saturated carbocycles. The molecule has 0 saturated heterocycles. The predicted octanol–water partition coefficient (Wildman–Crippen LogP) is 3.81. The Morgan fingerprint density at radius 2 is 1.75 bits per heavy atom. The third-order valence-electron chi connectivity index (χ3n) is 4.14. The fourth-order valence-electron chi connectivity index (χ4n) is 2.79. The molecule has 1 atom stereocenters. The van der Waals surface area contributed by atoms with E-state index in [4.69, 9.17) is 4.98 Å². The van der Waals surface area contributed by atoms with Crippen molar-refractivity contribution < 1.29 is 0 Å². The topological polar surface area (TPSA) is 49.8 Å². The van der Waals surface area contributed by atoms with E-state index in [1.807, 2.05) is 13.1 Å². The number of anilines is 2. The zero-order valence-electron chi connectivity index (χ0n) is 13.5. The second-order valence-corrected chi connectivity index (χ2v) is 6.94. The number of hydrogen-bond acceptors (Lipinski definition) is 4. The van der Waals surface area contributed by atoms with Crippen LogP contribution in [0.1, 0.15) is 59.2 Å². The Morgan fingerprint density at radius 3 is 2.30 bits per heavy atom. The third-order valence-corrected chi connectivity index (χ3v) is 4.14. The first-order valence-corrected chi connectivity index (χ1v) is 7.74. The molecule has 0 aliphatic heterocycles. The number of nitrogens with one attached hydrogen (secondary N) is 2. The van der Waals surface area contributed by atoms with Gasteiger partial charge in [0.25, 0.3) is 0 Å². The van der Waals surface area contributed by atoms with Crippen LogP contribution in [0, 0.1) is 5.92 Å². The smallest absolute Gasteiger partial charge is 0.138 e. The highest BCUT2D eigenvalue weighted by atomic mass is 15.1. The van der Waals surface area contributed by atoms with E-state index < -0.39 is 0 Å². The Morgan fingerprint density at radius 1 is 1.15 bits per heavy atom. The molecule has 0 aromatic carbocycles. The van der Waals surface area contributed by atoms with E-state index in [2.05, 4.69) is 43.3 Å². The van der Waals surface area contributed by atoms with Crippen LogP contribution in [-0.2, 0) is 5.41 Å². The fraction of sp³-hybridized carbons (Fsp3) is 0.750. The van der Waals surface area contributed by atoms with Crippen molar-refractivity contribution in [3.8, 4) is 0 Å². The number of rotatable bonds is 4. The molecule has 0 bridgehead atoms. The minimum atomic E-state index is -0.0418. The fourth-order valence-corrected chi connectivity index (χ4v) is 2.79. The summed E-state index contributed by atoms with van der Waals surface area (Å²) >= 11 is 0. The summed E-state index contributed by atoms with van der Waals surface area (Å²) in [5.41, 5.74) is -0.0418. The molecule has 1 unspecified atom stereocenters. The summed E-state index contributed by atoms with van der Waals surface area (Å²) in [6.45, 7) is 8.71. The van der Waals surface area contributed by atoms with Crippen molar-refractivity contribution in [2.75, 3.05) is 17.7 Å². The minimum absolute atomic E-state index is 0.0418. The number of nitrogens with zero attached hydrogens (tertiary/aromatic N) is 2. The van der Waals surface area contributed by atoms with Crippen LogP contribution in [0.5, 0.6) is 0 Å². The molecule has 1 heterocycles. The van der Waals surface area contributed by atoms with Gasteiger partial charge < -0.3 is 10.6 Å². The molecular formula is C16H28N4. The monoisotopic (exact) mass is 276 g/mol. The average Bonchev–Trinajstić information content (AvgIpc) is 2.91. The molecule has 1 aliphatic carbocycles. The standard InChI is InChI=1S/C16H28N4/c1-11(12-8-6-7-9-12)18-14-10-13(17-5)19-15(20-14)16(2,3)4/h10-12H,6-9H2,1-5H3,(H2,17,18,19,20). The summed E-state index contributed by atoms with van der Waals surface area (Å²) in [5, 5.41) is 6.71. The van der Waals surface area contributed by atoms with Crippen LogP contribution in [0.3, 0.4) is 0 Å². The summed E-state index contributed by atoms with van der Waals surface area (Å²) in [7, 11) is 1.90. The van der Waals surface area contributed by atoms with Crippen molar-refractivity contribution in [3.05, 3.63) is 11.9 Å². The molecule has 1 fully saturated rings. The third kappa shape index (κ3) is 3.62. The van der Waals surface area contributed by atoms with Crippen molar-refractivity contribution in [2.45, 2.75) is 64.8 Å². The SMILES string of the molecule is CNc1cc(NC(C)C2CCCC2)nc(C(C)(C)C)n1. The summed E-state index contributed by atoms with van der Waals surface area (Å²) in [6, 6.07) is 2.48. The van der Waals surface area contributed by atoms with Gasteiger partial charge in [-0.3, -0.25) is 0 Å². The predicted molar refractivity (Wildman–Crippen MR) is 85.3 cm³/mol. The highest BCUT2D eigenvalue weighted by Gasteiger charge is 2.23. The molecule has 1 aromatic heterocycles. The molecule has 112 valence electrons. The van der Waals surface area contributed by atoms with Crippen LogP contribution in [0.4, 0.5) is 11.6 Å². The van der Waals surface area contributed by atoms with Gasteiger partial charge in [-0.15, -0.1) is 0 Å². The maximum Gasteiger partial charge on any atom is 0.138 e. The highest BCUT2D eigenvalue weighted by molar-refractivity contribution is 5.48. The Hall–Kier alpha value is -1.32. The molecule has 20 heavy (non-hydrogen) atoms. The number of aromatic nitrogens is 2. The van der Waals surface area contributed by atoms with E-state index >= 15 is 0 Å². The van der Waals surface area contributed by atoms with Gasteiger partial charge in [-0.25, -0.2) is 9.97 Å². The lowest BCUT2D eigenvalue weighted by molar-refractivity contribution is 0.479. The van der Waals surface area contributed by atoms with Crippen LogP contribution in [0.25, 0.3) is 0 Å². The number of hydrogen-bond donors (Lipinski definition) is 2. The second kappa shape index (κ2) is 5.98. The van der Waals surface area contributed by atoms with Gasteiger partial charge in [0.15, 0.2) is 0 Å². The summed E-state index contributed by atoms with van der Waals surface area (Å²) in [6.07, 6.45) is 5.42. The van der Waals surface area contributed by atoms with Gasteiger partial charge in [-0.1, -0.05) is 33.6 Å². The van der Waals surface area contributed by atoms with Gasteiger partial charge in [0.2, 0.25) is 0 Å². The van der Waals surface area contributed by atoms with Crippen LogP contribution in [-0.4, -0.2) is 23.1 Å². The first kappa shape index (κ1) is 15.1. The van der Waals surface area contributed by atoms with E-state index in [1.54, 1.807) is 0 Å². The summed E-state index contributed by atoms with van der Waals surface area (Å²) in [5.74, 6) is 3.48. The van der Waals surface area contributed by atoms with Gasteiger partial charge >= 0.3 is 0 Å². The van der Waals surface area contributed by atoms with Gasteiger partial charge in [0.1, 0.15) is 17.5 Å². The first-order chi connectivity index (χ1) is 9.40. The largest absolute Gasteiger partial charge is 0.373 e. The minimum Gasteiger partial charge on any atom is -0.373 e. The molecule has 2 rings (SSSR count). The first-order valence-electron chi connectivity index (χ1n) is 7.74. The van der Waals surface area contributed by atoms with E-state index in [9.17, 15) is 0 Å². The lowest BCUT2D eigenvalue weighted by atomic mass is 9.95. The summed E-state index contributed by atoms with van der Waals surface area (Å²) in [4.78, 5) is 9.27. The van der Waals surface area contributed by atoms with Crippen LogP contribution in [0.15, 0.2) is 6.07 Å².